The molecular weight excluding hydrogens is 235 g/mol. The molecule has 0 aliphatic carbocycles. The van der Waals surface area contributed by atoms with Gasteiger partial charge in [0.2, 0.25) is 0 Å². The first-order valence-corrected chi connectivity index (χ1v) is 5.98. The van der Waals surface area contributed by atoms with Crippen LogP contribution in [0.1, 0.15) is 13.8 Å². The van der Waals surface area contributed by atoms with E-state index < -0.39 is 0 Å². The average molecular weight is 254 g/mol. The quantitative estimate of drug-likeness (QED) is 0.764. The number of nitrogens with one attached hydrogen (secondary N) is 2. The third kappa shape index (κ3) is 6.08. The molecule has 0 aromatic heterocycles. The average Bonchev–Trinajstić information content (AvgIpc) is 2.32. The predicted octanol–water partition coefficient (Wildman–Crippen LogP) is 2.16. The van der Waals surface area contributed by atoms with Crippen LogP contribution in [0.25, 0.3) is 0 Å². The van der Waals surface area contributed by atoms with Gasteiger partial charge in [0, 0.05) is 12.6 Å². The minimum atomic E-state index is -0.338. The monoisotopic (exact) mass is 254 g/mol. The third-order valence-electron chi connectivity index (χ3n) is 2.12. The van der Waals surface area contributed by atoms with Crippen LogP contribution >= 0.6 is 0 Å². The summed E-state index contributed by atoms with van der Waals surface area (Å²) in [5.74, 6) is 0.536. The van der Waals surface area contributed by atoms with E-state index in [1.807, 2.05) is 13.8 Å². The van der Waals surface area contributed by atoms with Crippen molar-refractivity contribution < 1.29 is 13.9 Å². The molecular formula is C13H19FN2O2. The Balaban J connectivity index is 2.13. The van der Waals surface area contributed by atoms with Crippen molar-refractivity contribution in [3.05, 3.63) is 30.1 Å². The number of hydrogen-bond donors (Lipinski definition) is 2. The van der Waals surface area contributed by atoms with E-state index in [0.717, 1.165) is 0 Å². The number of amides is 2. The van der Waals surface area contributed by atoms with Crippen molar-refractivity contribution in [2.75, 3.05) is 19.7 Å². The van der Waals surface area contributed by atoms with Gasteiger partial charge in [0.1, 0.15) is 18.2 Å². The highest BCUT2D eigenvalue weighted by molar-refractivity contribution is 5.73. The molecule has 1 aromatic carbocycles. The minimum Gasteiger partial charge on any atom is -0.492 e. The molecule has 1 aromatic rings. The van der Waals surface area contributed by atoms with Gasteiger partial charge < -0.3 is 15.4 Å². The Labute approximate surface area is 107 Å². The van der Waals surface area contributed by atoms with Crippen LogP contribution in [0.15, 0.2) is 24.3 Å². The van der Waals surface area contributed by atoms with Gasteiger partial charge in [0.15, 0.2) is 0 Å². The van der Waals surface area contributed by atoms with Gasteiger partial charge in [0.25, 0.3) is 0 Å². The molecule has 0 fully saturated rings. The predicted molar refractivity (Wildman–Crippen MR) is 68.1 cm³/mol. The first-order chi connectivity index (χ1) is 8.58. The van der Waals surface area contributed by atoms with E-state index in [4.69, 9.17) is 4.74 Å². The van der Waals surface area contributed by atoms with Gasteiger partial charge in [-0.3, -0.25) is 0 Å². The lowest BCUT2D eigenvalue weighted by atomic mass is 10.2. The zero-order valence-electron chi connectivity index (χ0n) is 10.7. The summed E-state index contributed by atoms with van der Waals surface area (Å²) in [6, 6.07) is 5.69. The summed E-state index contributed by atoms with van der Waals surface area (Å²) >= 11 is 0. The Morgan fingerprint density at radius 3 is 2.83 bits per heavy atom. The Morgan fingerprint density at radius 2 is 2.17 bits per heavy atom. The van der Waals surface area contributed by atoms with Crippen LogP contribution in [0, 0.1) is 11.7 Å². The molecule has 2 amide bonds. The fraction of sp³-hybridized carbons (Fsp3) is 0.462. The summed E-state index contributed by atoms with van der Waals surface area (Å²) in [6.07, 6.45) is 0. The van der Waals surface area contributed by atoms with Crippen LogP contribution in [-0.4, -0.2) is 25.7 Å². The molecule has 2 N–H and O–H groups in total. The zero-order chi connectivity index (χ0) is 13.4. The van der Waals surface area contributed by atoms with Crippen LogP contribution in [0.3, 0.4) is 0 Å². The Kier molecular flexibility index (Phi) is 5.97. The van der Waals surface area contributed by atoms with E-state index >= 15 is 0 Å². The van der Waals surface area contributed by atoms with Crippen molar-refractivity contribution in [1.29, 1.82) is 0 Å². The van der Waals surface area contributed by atoms with E-state index in [9.17, 15) is 9.18 Å². The summed E-state index contributed by atoms with van der Waals surface area (Å²) in [5, 5.41) is 5.38. The second-order valence-corrected chi connectivity index (χ2v) is 4.34. The van der Waals surface area contributed by atoms with Gasteiger partial charge in [-0.2, -0.15) is 0 Å². The third-order valence-corrected chi connectivity index (χ3v) is 2.12. The molecule has 100 valence electrons. The lowest BCUT2D eigenvalue weighted by Gasteiger charge is -2.10. The number of rotatable bonds is 6. The molecule has 0 radical (unpaired) electrons. The maximum Gasteiger partial charge on any atom is 0.314 e. The molecule has 0 spiro atoms. The van der Waals surface area contributed by atoms with Gasteiger partial charge in [-0.15, -0.1) is 0 Å². The summed E-state index contributed by atoms with van der Waals surface area (Å²) in [4.78, 5) is 11.3. The van der Waals surface area contributed by atoms with Crippen molar-refractivity contribution in [1.82, 2.24) is 10.6 Å². The van der Waals surface area contributed by atoms with Crippen molar-refractivity contribution in [3.8, 4) is 5.75 Å². The molecule has 4 nitrogen and oxygen atoms in total. The number of carbonyl (C=O) groups is 1. The van der Waals surface area contributed by atoms with Gasteiger partial charge in [0.05, 0.1) is 6.54 Å². The van der Waals surface area contributed by atoms with Crippen molar-refractivity contribution in [2.45, 2.75) is 13.8 Å². The molecule has 0 heterocycles. The van der Waals surface area contributed by atoms with Crippen LogP contribution < -0.4 is 15.4 Å². The normalized spacial score (nSPS) is 10.2. The molecule has 18 heavy (non-hydrogen) atoms. The van der Waals surface area contributed by atoms with Crippen LogP contribution in [0.4, 0.5) is 9.18 Å². The molecule has 0 unspecified atom stereocenters. The fourth-order valence-corrected chi connectivity index (χ4v) is 1.25. The van der Waals surface area contributed by atoms with E-state index in [2.05, 4.69) is 10.6 Å². The number of benzene rings is 1. The number of carbonyl (C=O) groups excluding carboxylic acids is 1. The number of ether oxygens (including phenoxy) is 1. The van der Waals surface area contributed by atoms with Crippen molar-refractivity contribution >= 4 is 6.03 Å². The second kappa shape index (κ2) is 7.53. The SMILES string of the molecule is CC(C)CNC(=O)NCCOc1cccc(F)c1. The van der Waals surface area contributed by atoms with Gasteiger partial charge in [-0.1, -0.05) is 19.9 Å². The molecule has 0 bridgehead atoms. The lowest BCUT2D eigenvalue weighted by Crippen LogP contribution is -2.39. The van der Waals surface area contributed by atoms with Crippen molar-refractivity contribution in [2.24, 2.45) is 5.92 Å². The van der Waals surface area contributed by atoms with E-state index in [1.54, 1.807) is 12.1 Å². The van der Waals surface area contributed by atoms with Gasteiger partial charge in [-0.25, -0.2) is 9.18 Å². The van der Waals surface area contributed by atoms with Crippen LogP contribution in [-0.2, 0) is 0 Å². The Bertz CT molecular complexity index is 383. The highest BCUT2D eigenvalue weighted by Crippen LogP contribution is 2.11. The second-order valence-electron chi connectivity index (χ2n) is 4.34. The topological polar surface area (TPSA) is 50.4 Å². The number of urea groups is 1. The lowest BCUT2D eigenvalue weighted by molar-refractivity contribution is 0.235. The van der Waals surface area contributed by atoms with E-state index in [-0.39, 0.29) is 11.8 Å². The van der Waals surface area contributed by atoms with Crippen LogP contribution in [0.2, 0.25) is 0 Å². The smallest absolute Gasteiger partial charge is 0.314 e. The molecule has 0 atom stereocenters. The highest BCUT2D eigenvalue weighted by Gasteiger charge is 2.01. The molecule has 0 saturated carbocycles. The Hall–Kier alpha value is -1.78. The first kappa shape index (κ1) is 14.3. The zero-order valence-corrected chi connectivity index (χ0v) is 10.7. The fourth-order valence-electron chi connectivity index (χ4n) is 1.25. The molecule has 0 aliphatic rings. The summed E-state index contributed by atoms with van der Waals surface area (Å²) in [6.45, 7) is 5.36. The maximum atomic E-state index is 12.8. The number of hydrogen-bond acceptors (Lipinski definition) is 2. The molecule has 0 saturated heterocycles. The Morgan fingerprint density at radius 1 is 1.39 bits per heavy atom. The summed E-state index contributed by atoms with van der Waals surface area (Å²) < 4.78 is 18.1. The van der Waals surface area contributed by atoms with E-state index in [0.29, 0.717) is 31.4 Å². The van der Waals surface area contributed by atoms with Gasteiger partial charge in [-0.05, 0) is 18.1 Å². The van der Waals surface area contributed by atoms with Gasteiger partial charge >= 0.3 is 6.03 Å². The molecule has 5 heteroatoms. The maximum absolute atomic E-state index is 12.8. The standard InChI is InChI=1S/C13H19FN2O2/c1-10(2)9-16-13(17)15-6-7-18-12-5-3-4-11(14)8-12/h3-5,8,10H,6-7,9H2,1-2H3,(H2,15,16,17). The number of halogens is 1. The molecule has 1 rings (SSSR count). The summed E-state index contributed by atoms with van der Waals surface area (Å²) in [7, 11) is 0. The minimum absolute atomic E-state index is 0.216. The largest absolute Gasteiger partial charge is 0.492 e. The summed E-state index contributed by atoms with van der Waals surface area (Å²) in [5.41, 5.74) is 0. The molecule has 0 aliphatic heterocycles. The van der Waals surface area contributed by atoms with Crippen molar-refractivity contribution in [3.63, 3.8) is 0 Å². The van der Waals surface area contributed by atoms with E-state index in [1.165, 1.54) is 12.1 Å². The van der Waals surface area contributed by atoms with Crippen LogP contribution in [0.5, 0.6) is 5.75 Å². The highest BCUT2D eigenvalue weighted by atomic mass is 19.1. The first-order valence-electron chi connectivity index (χ1n) is 5.98.